The van der Waals surface area contributed by atoms with Crippen LogP contribution in [-0.4, -0.2) is 17.3 Å². The summed E-state index contributed by atoms with van der Waals surface area (Å²) in [6, 6.07) is 11.0. The molecule has 102 valence electrons. The van der Waals surface area contributed by atoms with Gasteiger partial charge in [-0.2, -0.15) is 0 Å². The lowest BCUT2D eigenvalue weighted by Gasteiger charge is -2.06. The number of nitro benzene ring substituents is 1. The first-order valence-corrected chi connectivity index (χ1v) is 5.73. The highest BCUT2D eigenvalue weighted by molar-refractivity contribution is 5.97. The highest BCUT2D eigenvalue weighted by Gasteiger charge is 2.12. The number of hydrogen-bond donors (Lipinski definition) is 0. The highest BCUT2D eigenvalue weighted by Crippen LogP contribution is 2.19. The summed E-state index contributed by atoms with van der Waals surface area (Å²) in [7, 11) is 0. The van der Waals surface area contributed by atoms with E-state index in [-0.39, 0.29) is 23.6 Å². The Morgan fingerprint density at radius 3 is 2.65 bits per heavy atom. The molecule has 2 aromatic carbocycles. The van der Waals surface area contributed by atoms with Crippen molar-refractivity contribution in [3.8, 4) is 5.75 Å². The van der Waals surface area contributed by atoms with Crippen LogP contribution in [0.3, 0.4) is 0 Å². The van der Waals surface area contributed by atoms with Crippen LogP contribution in [0.25, 0.3) is 0 Å². The Balaban J connectivity index is 2.06. The van der Waals surface area contributed by atoms with Gasteiger partial charge < -0.3 is 4.74 Å². The third kappa shape index (κ3) is 3.17. The lowest BCUT2D eigenvalue weighted by Crippen LogP contribution is -2.13. The molecule has 0 atom stereocenters. The van der Waals surface area contributed by atoms with E-state index in [4.69, 9.17) is 4.74 Å². The van der Waals surface area contributed by atoms with E-state index in [1.165, 1.54) is 42.5 Å². The lowest BCUT2D eigenvalue weighted by atomic mass is 10.1. The van der Waals surface area contributed by atoms with Crippen molar-refractivity contribution in [2.45, 2.75) is 0 Å². The second-order valence-corrected chi connectivity index (χ2v) is 3.95. The molecule has 0 aromatic heterocycles. The molecular weight excluding hydrogens is 265 g/mol. The number of rotatable bonds is 5. The number of nitrogens with zero attached hydrogens (tertiary/aromatic N) is 1. The van der Waals surface area contributed by atoms with Gasteiger partial charge in [-0.05, 0) is 18.2 Å². The molecule has 0 bridgehead atoms. The Kier molecular flexibility index (Phi) is 4.05. The van der Waals surface area contributed by atoms with Crippen LogP contribution in [0.4, 0.5) is 10.1 Å². The molecule has 0 heterocycles. The quantitative estimate of drug-likeness (QED) is 0.478. The zero-order chi connectivity index (χ0) is 14.5. The van der Waals surface area contributed by atoms with Gasteiger partial charge in [0.25, 0.3) is 5.69 Å². The molecule has 5 nitrogen and oxygen atoms in total. The van der Waals surface area contributed by atoms with E-state index in [2.05, 4.69) is 0 Å². The maximum atomic E-state index is 13.4. The largest absolute Gasteiger partial charge is 0.485 e. The molecule has 0 aliphatic heterocycles. The maximum absolute atomic E-state index is 13.4. The van der Waals surface area contributed by atoms with Gasteiger partial charge in [0.05, 0.1) is 16.6 Å². The van der Waals surface area contributed by atoms with Crippen LogP contribution >= 0.6 is 0 Å². The SMILES string of the molecule is O=C(COc1cccc([N+](=O)[O-])c1)c1ccccc1F. The van der Waals surface area contributed by atoms with Crippen LogP contribution in [0.15, 0.2) is 48.5 Å². The monoisotopic (exact) mass is 275 g/mol. The molecule has 0 saturated heterocycles. The molecule has 2 rings (SSSR count). The van der Waals surface area contributed by atoms with Gasteiger partial charge in [0.15, 0.2) is 6.61 Å². The van der Waals surface area contributed by atoms with Crippen LogP contribution in [0, 0.1) is 15.9 Å². The average molecular weight is 275 g/mol. The first kappa shape index (κ1) is 13.7. The maximum Gasteiger partial charge on any atom is 0.273 e. The van der Waals surface area contributed by atoms with Crippen molar-refractivity contribution in [3.05, 3.63) is 70.0 Å². The summed E-state index contributed by atoms with van der Waals surface area (Å²) in [6.07, 6.45) is 0. The standard InChI is InChI=1S/C14H10FNO4/c15-13-7-2-1-6-12(13)14(17)9-20-11-5-3-4-10(8-11)16(18)19/h1-8H,9H2. The molecule has 0 saturated carbocycles. The number of carbonyl (C=O) groups is 1. The lowest BCUT2D eigenvalue weighted by molar-refractivity contribution is -0.384. The second-order valence-electron chi connectivity index (χ2n) is 3.95. The Morgan fingerprint density at radius 2 is 1.95 bits per heavy atom. The van der Waals surface area contributed by atoms with Crippen molar-refractivity contribution in [3.63, 3.8) is 0 Å². The molecule has 2 aromatic rings. The van der Waals surface area contributed by atoms with E-state index in [1.807, 2.05) is 0 Å². The predicted octanol–water partition coefficient (Wildman–Crippen LogP) is 3.00. The van der Waals surface area contributed by atoms with E-state index in [1.54, 1.807) is 6.07 Å². The van der Waals surface area contributed by atoms with Gasteiger partial charge in [0, 0.05) is 6.07 Å². The van der Waals surface area contributed by atoms with Crippen LogP contribution in [0.2, 0.25) is 0 Å². The number of nitro groups is 1. The fourth-order valence-electron chi connectivity index (χ4n) is 1.60. The predicted molar refractivity (Wildman–Crippen MR) is 69.3 cm³/mol. The average Bonchev–Trinajstić information content (AvgIpc) is 2.45. The Labute approximate surface area is 113 Å². The molecule has 20 heavy (non-hydrogen) atoms. The molecular formula is C14H10FNO4. The zero-order valence-electron chi connectivity index (χ0n) is 10.3. The number of halogens is 1. The molecule has 0 fully saturated rings. The van der Waals surface area contributed by atoms with Crippen molar-refractivity contribution in [2.75, 3.05) is 6.61 Å². The molecule has 0 spiro atoms. The first-order chi connectivity index (χ1) is 9.58. The van der Waals surface area contributed by atoms with Gasteiger partial charge in [-0.15, -0.1) is 0 Å². The normalized spacial score (nSPS) is 10.1. The van der Waals surface area contributed by atoms with Crippen molar-refractivity contribution in [1.29, 1.82) is 0 Å². The minimum Gasteiger partial charge on any atom is -0.485 e. The summed E-state index contributed by atoms with van der Waals surface area (Å²) >= 11 is 0. The van der Waals surface area contributed by atoms with Gasteiger partial charge in [-0.25, -0.2) is 4.39 Å². The van der Waals surface area contributed by atoms with Gasteiger partial charge in [0.1, 0.15) is 11.6 Å². The fraction of sp³-hybridized carbons (Fsp3) is 0.0714. The van der Waals surface area contributed by atoms with Crippen LogP contribution < -0.4 is 4.74 Å². The summed E-state index contributed by atoms with van der Waals surface area (Å²) in [5.41, 5.74) is -0.209. The molecule has 0 aliphatic carbocycles. The summed E-state index contributed by atoms with van der Waals surface area (Å²) in [6.45, 7) is -0.387. The van der Waals surface area contributed by atoms with Crippen LogP contribution in [0.1, 0.15) is 10.4 Å². The Morgan fingerprint density at radius 1 is 1.20 bits per heavy atom. The number of Topliss-reactive ketones (excluding diaryl/α,β-unsaturated/α-hetero) is 1. The third-order valence-electron chi connectivity index (χ3n) is 2.57. The topological polar surface area (TPSA) is 69.4 Å². The number of hydrogen-bond acceptors (Lipinski definition) is 4. The Hall–Kier alpha value is -2.76. The molecule has 0 radical (unpaired) electrons. The summed E-state index contributed by atoms with van der Waals surface area (Å²) in [5, 5.41) is 10.6. The van der Waals surface area contributed by atoms with Gasteiger partial charge in [0.2, 0.25) is 5.78 Å². The first-order valence-electron chi connectivity index (χ1n) is 5.73. The third-order valence-corrected chi connectivity index (χ3v) is 2.57. The van der Waals surface area contributed by atoms with Crippen molar-refractivity contribution >= 4 is 11.5 Å². The number of ether oxygens (including phenoxy) is 1. The van der Waals surface area contributed by atoms with Crippen molar-refractivity contribution in [1.82, 2.24) is 0 Å². The van der Waals surface area contributed by atoms with E-state index < -0.39 is 16.5 Å². The van der Waals surface area contributed by atoms with E-state index in [9.17, 15) is 19.3 Å². The van der Waals surface area contributed by atoms with Gasteiger partial charge >= 0.3 is 0 Å². The minimum absolute atomic E-state index is 0.0714. The van der Waals surface area contributed by atoms with Gasteiger partial charge in [-0.1, -0.05) is 18.2 Å². The number of non-ortho nitro benzene ring substituents is 1. The smallest absolute Gasteiger partial charge is 0.273 e. The van der Waals surface area contributed by atoms with E-state index in [0.29, 0.717) is 0 Å². The highest BCUT2D eigenvalue weighted by atomic mass is 19.1. The summed E-state index contributed by atoms with van der Waals surface area (Å²) in [4.78, 5) is 21.8. The van der Waals surface area contributed by atoms with Gasteiger partial charge in [-0.3, -0.25) is 14.9 Å². The molecule has 0 aliphatic rings. The Bertz CT molecular complexity index is 657. The van der Waals surface area contributed by atoms with Crippen molar-refractivity contribution < 1.29 is 18.8 Å². The molecule has 0 N–H and O–H groups in total. The second kappa shape index (κ2) is 5.92. The molecule has 6 heteroatoms. The van der Waals surface area contributed by atoms with Crippen molar-refractivity contribution in [2.24, 2.45) is 0 Å². The van der Waals surface area contributed by atoms with Crippen LogP contribution in [-0.2, 0) is 0 Å². The molecule has 0 amide bonds. The summed E-state index contributed by atoms with van der Waals surface area (Å²) in [5.74, 6) is -0.973. The number of ketones is 1. The van der Waals surface area contributed by atoms with E-state index in [0.717, 1.165) is 0 Å². The fourth-order valence-corrected chi connectivity index (χ4v) is 1.60. The van der Waals surface area contributed by atoms with Crippen LogP contribution in [0.5, 0.6) is 5.75 Å². The zero-order valence-corrected chi connectivity index (χ0v) is 10.3. The minimum atomic E-state index is -0.625. The number of benzene rings is 2. The van der Waals surface area contributed by atoms with E-state index >= 15 is 0 Å². The molecule has 0 unspecified atom stereocenters. The number of carbonyl (C=O) groups excluding carboxylic acids is 1. The summed E-state index contributed by atoms with van der Waals surface area (Å²) < 4.78 is 18.5.